The molecule has 0 aromatic heterocycles. The molecule has 0 saturated heterocycles. The molecule has 3 unspecified atom stereocenters. The summed E-state index contributed by atoms with van der Waals surface area (Å²) in [5.74, 6) is -6.09. The summed E-state index contributed by atoms with van der Waals surface area (Å²) in [5, 5.41) is 22.1. The van der Waals surface area contributed by atoms with Crippen LogP contribution in [0, 0.1) is 10.8 Å². The molecule has 0 fully saturated rings. The van der Waals surface area contributed by atoms with Gasteiger partial charge in [0.2, 0.25) is 0 Å². The molecule has 0 radical (unpaired) electrons. The Balaban J connectivity index is 1.43. The quantitative estimate of drug-likeness (QED) is 0.117. The number of hydrogen-bond donors (Lipinski definition) is 2. The van der Waals surface area contributed by atoms with Crippen LogP contribution in [0.2, 0.25) is 0 Å². The molecule has 5 nitrogen and oxygen atoms in total. The van der Waals surface area contributed by atoms with Crippen LogP contribution in [0.4, 0.5) is 27.6 Å². The highest BCUT2D eigenvalue weighted by molar-refractivity contribution is 5.69. The van der Waals surface area contributed by atoms with Crippen molar-refractivity contribution in [3.63, 3.8) is 0 Å². The van der Waals surface area contributed by atoms with E-state index in [4.69, 9.17) is 0 Å². The second-order valence-corrected chi connectivity index (χ2v) is 11.1. The zero-order chi connectivity index (χ0) is 30.0. The summed E-state index contributed by atoms with van der Waals surface area (Å²) in [6, 6.07) is 13.0. The van der Waals surface area contributed by atoms with Crippen LogP contribution in [0.3, 0.4) is 0 Å². The van der Waals surface area contributed by atoms with Crippen LogP contribution >= 0.6 is 0 Å². The third-order valence-corrected chi connectivity index (χ3v) is 8.29. The second-order valence-electron chi connectivity index (χ2n) is 11.1. The van der Waals surface area contributed by atoms with E-state index in [1.165, 1.54) is 11.1 Å². The molecule has 2 aromatic rings. The van der Waals surface area contributed by atoms with Gasteiger partial charge >= 0.3 is 18.1 Å². The van der Waals surface area contributed by atoms with Crippen LogP contribution in [-0.2, 0) is 11.2 Å². The van der Waals surface area contributed by atoms with Crippen molar-refractivity contribution in [3.05, 3.63) is 64.1 Å². The van der Waals surface area contributed by atoms with Crippen molar-refractivity contribution in [1.82, 2.24) is 0 Å². The number of nitroso groups, excluding NO2 is 1. The Labute approximate surface area is 237 Å². The van der Waals surface area contributed by atoms with Gasteiger partial charge in [0.05, 0.1) is 5.92 Å². The van der Waals surface area contributed by atoms with Gasteiger partial charge < -0.3 is 10.2 Å². The molecule has 10 heteroatoms. The summed E-state index contributed by atoms with van der Waals surface area (Å²) >= 11 is 0. The van der Waals surface area contributed by atoms with Gasteiger partial charge in [-0.05, 0) is 96.5 Å². The number of aromatic hydroxyl groups is 1. The Bertz CT molecular complexity index is 1140. The summed E-state index contributed by atoms with van der Waals surface area (Å²) < 4.78 is 63.1. The number of aliphatic carboxylic acids is 1. The summed E-state index contributed by atoms with van der Waals surface area (Å²) in [6.45, 7) is 0. The molecular weight excluding hydrogens is 545 g/mol. The number of carboxylic acids is 1. The number of fused-ring (bicyclic) bond motifs is 1. The molecule has 1 aliphatic carbocycles. The van der Waals surface area contributed by atoms with Crippen LogP contribution in [-0.4, -0.2) is 28.3 Å². The molecule has 0 spiro atoms. The number of carboxylic acid groups (broad SMARTS) is 1. The van der Waals surface area contributed by atoms with E-state index in [1.54, 1.807) is 18.2 Å². The van der Waals surface area contributed by atoms with Crippen LogP contribution < -0.4 is 0 Å². The smallest absolute Gasteiger partial charge is 0.453 e. The van der Waals surface area contributed by atoms with E-state index in [0.717, 1.165) is 56.9 Å². The molecule has 41 heavy (non-hydrogen) atoms. The molecule has 0 aliphatic heterocycles. The molecule has 3 atom stereocenters. The third kappa shape index (κ3) is 9.23. The lowest BCUT2D eigenvalue weighted by Gasteiger charge is -2.34. The van der Waals surface area contributed by atoms with Crippen molar-refractivity contribution >= 4 is 11.7 Å². The van der Waals surface area contributed by atoms with E-state index in [9.17, 15) is 41.9 Å². The average Bonchev–Trinajstić information content (AvgIpc) is 2.92. The molecule has 226 valence electrons. The SMILES string of the molecule is O=Nc1ccc2c(c1)CCC(c1ccc(O)cc1)C2CCCCCCCCC(CCCC(F)(F)C(F)(F)F)C(=O)O. The number of alkyl halides is 5. The van der Waals surface area contributed by atoms with E-state index in [1.807, 2.05) is 24.3 Å². The number of rotatable bonds is 16. The molecule has 0 bridgehead atoms. The van der Waals surface area contributed by atoms with Gasteiger partial charge in [-0.3, -0.25) is 4.79 Å². The van der Waals surface area contributed by atoms with E-state index in [-0.39, 0.29) is 24.5 Å². The van der Waals surface area contributed by atoms with Crippen molar-refractivity contribution in [2.75, 3.05) is 0 Å². The number of carbonyl (C=O) groups is 1. The van der Waals surface area contributed by atoms with Gasteiger partial charge in [0.1, 0.15) is 11.4 Å². The third-order valence-electron chi connectivity index (χ3n) is 8.29. The Morgan fingerprint density at radius 1 is 0.902 bits per heavy atom. The fraction of sp³-hybridized carbons (Fsp3) is 0.581. The second kappa shape index (κ2) is 14.7. The van der Waals surface area contributed by atoms with Crippen molar-refractivity contribution in [2.24, 2.45) is 11.1 Å². The number of phenolic OH excluding ortho intramolecular Hbond substituents is 1. The van der Waals surface area contributed by atoms with Gasteiger partial charge in [0.25, 0.3) is 0 Å². The van der Waals surface area contributed by atoms with Gasteiger partial charge in [-0.15, -0.1) is 4.91 Å². The lowest BCUT2D eigenvalue weighted by Crippen LogP contribution is -2.36. The minimum Gasteiger partial charge on any atom is -0.508 e. The van der Waals surface area contributed by atoms with Crippen molar-refractivity contribution in [2.45, 2.75) is 107 Å². The van der Waals surface area contributed by atoms with Gasteiger partial charge in [-0.25, -0.2) is 0 Å². The first-order valence-corrected chi connectivity index (χ1v) is 14.4. The minimum atomic E-state index is -5.62. The predicted molar refractivity (Wildman–Crippen MR) is 147 cm³/mol. The highest BCUT2D eigenvalue weighted by Crippen LogP contribution is 2.46. The van der Waals surface area contributed by atoms with Crippen molar-refractivity contribution in [3.8, 4) is 5.75 Å². The zero-order valence-electron chi connectivity index (χ0n) is 23.0. The fourth-order valence-electron chi connectivity index (χ4n) is 6.00. The number of unbranched alkanes of at least 4 members (excludes halogenated alkanes) is 5. The maximum Gasteiger partial charge on any atom is 0.453 e. The molecule has 0 saturated carbocycles. The predicted octanol–water partition coefficient (Wildman–Crippen LogP) is 9.79. The summed E-state index contributed by atoms with van der Waals surface area (Å²) in [7, 11) is 0. The number of benzene rings is 2. The fourth-order valence-corrected chi connectivity index (χ4v) is 6.00. The van der Waals surface area contributed by atoms with Gasteiger partial charge in [0, 0.05) is 6.42 Å². The monoisotopic (exact) mass is 583 g/mol. The maximum atomic E-state index is 13.1. The normalized spacial score (nSPS) is 18.1. The van der Waals surface area contributed by atoms with Gasteiger partial charge in [0.15, 0.2) is 0 Å². The lowest BCUT2D eigenvalue weighted by atomic mass is 9.70. The molecule has 2 aromatic carbocycles. The Morgan fingerprint density at radius 3 is 2.17 bits per heavy atom. The molecule has 0 heterocycles. The van der Waals surface area contributed by atoms with E-state index < -0.39 is 36.8 Å². The number of halogens is 5. The maximum absolute atomic E-state index is 13.1. The van der Waals surface area contributed by atoms with Crippen molar-refractivity contribution < 1.29 is 37.0 Å². The number of hydrogen-bond acceptors (Lipinski definition) is 4. The van der Waals surface area contributed by atoms with E-state index in [0.29, 0.717) is 18.0 Å². The highest BCUT2D eigenvalue weighted by Gasteiger charge is 2.56. The number of aryl methyl sites for hydroxylation is 1. The van der Waals surface area contributed by atoms with Crippen LogP contribution in [0.15, 0.2) is 47.6 Å². The van der Waals surface area contributed by atoms with Crippen LogP contribution in [0.5, 0.6) is 5.75 Å². The van der Waals surface area contributed by atoms with Gasteiger partial charge in [-0.1, -0.05) is 56.7 Å². The first-order chi connectivity index (χ1) is 19.4. The minimum absolute atomic E-state index is 0.198. The Hall–Kier alpha value is -3.04. The topological polar surface area (TPSA) is 87.0 Å². The van der Waals surface area contributed by atoms with Crippen LogP contribution in [0.1, 0.15) is 106 Å². The lowest BCUT2D eigenvalue weighted by molar-refractivity contribution is -0.284. The molecule has 1 aliphatic rings. The average molecular weight is 584 g/mol. The van der Waals surface area contributed by atoms with Gasteiger partial charge in [-0.2, -0.15) is 22.0 Å². The summed E-state index contributed by atoms with van der Waals surface area (Å²) in [4.78, 5) is 22.5. The number of phenols is 1. The summed E-state index contributed by atoms with van der Waals surface area (Å²) in [5.41, 5.74) is 3.98. The molecular formula is C31H38F5NO4. The molecule has 2 N–H and O–H groups in total. The first kappa shape index (κ1) is 32.5. The summed E-state index contributed by atoms with van der Waals surface area (Å²) in [6.07, 6.45) is 0.453. The van der Waals surface area contributed by atoms with Crippen LogP contribution in [0.25, 0.3) is 0 Å². The molecule has 3 rings (SSSR count). The standard InChI is InChI=1S/C31H38F5NO4/c32-30(33,31(34,35)36)19-7-9-22(29(39)40)8-5-3-1-2-4-6-10-28-26(21-11-15-25(38)16-12-21)17-13-23-20-24(37-41)14-18-27(23)28/h11-12,14-16,18,20,22,26,28,38H,1-10,13,17,19H2,(H,39,40). The first-order valence-electron chi connectivity index (χ1n) is 14.4. The van der Waals surface area contributed by atoms with E-state index in [2.05, 4.69) is 5.18 Å². The molecule has 0 amide bonds. The zero-order valence-corrected chi connectivity index (χ0v) is 23.0. The number of nitrogens with zero attached hydrogens (tertiary/aromatic N) is 1. The largest absolute Gasteiger partial charge is 0.508 e. The van der Waals surface area contributed by atoms with Crippen molar-refractivity contribution in [1.29, 1.82) is 0 Å². The Morgan fingerprint density at radius 2 is 1.54 bits per heavy atom. The highest BCUT2D eigenvalue weighted by atomic mass is 19.4. The van der Waals surface area contributed by atoms with E-state index >= 15 is 0 Å². The Kier molecular flexibility index (Phi) is 11.7.